The van der Waals surface area contributed by atoms with Crippen molar-refractivity contribution in [2.45, 2.75) is 11.4 Å². The predicted molar refractivity (Wildman–Crippen MR) is 105 cm³/mol. The minimum Gasteiger partial charge on any atom is -0.465 e. The molecule has 0 aliphatic carbocycles. The van der Waals surface area contributed by atoms with Crippen LogP contribution in [0.2, 0.25) is 0 Å². The van der Waals surface area contributed by atoms with Gasteiger partial charge in [-0.1, -0.05) is 18.2 Å². The lowest BCUT2D eigenvalue weighted by atomic mass is 10.1. The summed E-state index contributed by atoms with van der Waals surface area (Å²) in [7, 11) is -2.39. The molecule has 0 radical (unpaired) electrons. The fraction of sp³-hybridized carbons (Fsp3) is 0.300. The van der Waals surface area contributed by atoms with Gasteiger partial charge in [0.2, 0.25) is 10.0 Å². The molecule has 0 unspecified atom stereocenters. The monoisotopic (exact) mass is 418 g/mol. The summed E-state index contributed by atoms with van der Waals surface area (Å²) in [4.78, 5) is 24.1. The summed E-state index contributed by atoms with van der Waals surface area (Å²) in [6.07, 6.45) is 0. The van der Waals surface area contributed by atoms with Crippen molar-refractivity contribution in [2.24, 2.45) is 0 Å². The molecule has 0 saturated carbocycles. The van der Waals surface area contributed by atoms with E-state index in [1.54, 1.807) is 18.2 Å². The molecule has 0 bridgehead atoms. The molecule has 1 aliphatic rings. The van der Waals surface area contributed by atoms with Gasteiger partial charge in [0.25, 0.3) is 5.91 Å². The first-order valence-corrected chi connectivity index (χ1v) is 10.5. The molecule has 1 fully saturated rings. The number of sulfonamides is 1. The summed E-state index contributed by atoms with van der Waals surface area (Å²) < 4.78 is 37.2. The molecule has 3 rings (SSSR count). The van der Waals surface area contributed by atoms with Crippen LogP contribution < -0.4 is 5.32 Å². The molecule has 2 aromatic rings. The number of ether oxygens (including phenoxy) is 2. The molecule has 8 nitrogen and oxygen atoms in total. The van der Waals surface area contributed by atoms with Gasteiger partial charge in [-0.15, -0.1) is 0 Å². The molecular formula is C20H22N2O6S. The van der Waals surface area contributed by atoms with Gasteiger partial charge >= 0.3 is 5.97 Å². The Bertz CT molecular complexity index is 982. The lowest BCUT2D eigenvalue weighted by Gasteiger charge is -2.27. The van der Waals surface area contributed by atoms with Crippen LogP contribution in [0.15, 0.2) is 53.4 Å². The Morgan fingerprint density at radius 2 is 1.66 bits per heavy atom. The van der Waals surface area contributed by atoms with Crippen LogP contribution in [0, 0.1) is 0 Å². The molecule has 2 aromatic carbocycles. The average molecular weight is 418 g/mol. The van der Waals surface area contributed by atoms with Gasteiger partial charge in [0.15, 0.2) is 0 Å². The number of rotatable bonds is 6. The number of nitrogens with one attached hydrogen (secondary N) is 1. The number of hydrogen-bond donors (Lipinski definition) is 1. The molecular weight excluding hydrogens is 396 g/mol. The Hall–Kier alpha value is -2.75. The maximum atomic E-state index is 13.0. The molecule has 1 aliphatic heterocycles. The standard InChI is InChI=1S/C20H22N2O6S/c1-27-20(24)16-8-6-15(7-9-16)19(23)21-14-17-4-2-3-5-18(17)29(25,26)22-10-12-28-13-11-22/h2-9H,10-14H2,1H3,(H,21,23). The molecule has 9 heteroatoms. The number of esters is 1. The molecule has 1 amide bonds. The highest BCUT2D eigenvalue weighted by Gasteiger charge is 2.28. The van der Waals surface area contributed by atoms with E-state index in [1.165, 1.54) is 41.7 Å². The Morgan fingerprint density at radius 3 is 2.31 bits per heavy atom. The number of amides is 1. The third kappa shape index (κ3) is 4.81. The lowest BCUT2D eigenvalue weighted by molar-refractivity contribution is 0.0600. The average Bonchev–Trinajstić information content (AvgIpc) is 2.77. The number of benzene rings is 2. The Balaban J connectivity index is 1.73. The van der Waals surface area contributed by atoms with Crippen LogP contribution in [0.5, 0.6) is 0 Å². The van der Waals surface area contributed by atoms with Gasteiger partial charge < -0.3 is 14.8 Å². The summed E-state index contributed by atoms with van der Waals surface area (Å²) >= 11 is 0. The summed E-state index contributed by atoms with van der Waals surface area (Å²) in [5.74, 6) is -0.862. The highest BCUT2D eigenvalue weighted by Crippen LogP contribution is 2.21. The van der Waals surface area contributed by atoms with Gasteiger partial charge in [-0.05, 0) is 35.9 Å². The van der Waals surface area contributed by atoms with E-state index >= 15 is 0 Å². The minimum atomic E-state index is -3.67. The van der Waals surface area contributed by atoms with E-state index < -0.39 is 16.0 Å². The van der Waals surface area contributed by atoms with Crippen molar-refractivity contribution in [3.63, 3.8) is 0 Å². The zero-order valence-corrected chi connectivity index (χ0v) is 16.8. The molecule has 0 spiro atoms. The number of morpholine rings is 1. The van der Waals surface area contributed by atoms with E-state index in [0.717, 1.165) is 0 Å². The van der Waals surface area contributed by atoms with Crippen LogP contribution in [0.4, 0.5) is 0 Å². The van der Waals surface area contributed by atoms with Crippen LogP contribution in [0.25, 0.3) is 0 Å². The highest BCUT2D eigenvalue weighted by molar-refractivity contribution is 7.89. The molecule has 1 saturated heterocycles. The summed E-state index contributed by atoms with van der Waals surface area (Å²) in [6.45, 7) is 1.38. The van der Waals surface area contributed by atoms with Crippen LogP contribution >= 0.6 is 0 Å². The predicted octanol–water partition coefficient (Wildman–Crippen LogP) is 1.42. The lowest BCUT2D eigenvalue weighted by Crippen LogP contribution is -2.41. The number of carbonyl (C=O) groups is 2. The summed E-state index contributed by atoms with van der Waals surface area (Å²) in [5.41, 5.74) is 1.19. The van der Waals surface area contributed by atoms with Crippen molar-refractivity contribution < 1.29 is 27.5 Å². The molecule has 1 heterocycles. The quantitative estimate of drug-likeness (QED) is 0.712. The van der Waals surface area contributed by atoms with Gasteiger partial charge in [-0.3, -0.25) is 4.79 Å². The van der Waals surface area contributed by atoms with Gasteiger partial charge in [-0.25, -0.2) is 13.2 Å². The SMILES string of the molecule is COC(=O)c1ccc(C(=O)NCc2ccccc2S(=O)(=O)N2CCOCC2)cc1. The fourth-order valence-corrected chi connectivity index (χ4v) is 4.61. The molecule has 154 valence electrons. The van der Waals surface area contributed by atoms with E-state index in [2.05, 4.69) is 10.1 Å². The maximum Gasteiger partial charge on any atom is 0.337 e. The minimum absolute atomic E-state index is 0.0529. The third-order valence-electron chi connectivity index (χ3n) is 4.57. The van der Waals surface area contributed by atoms with Crippen LogP contribution in [-0.4, -0.2) is 58.0 Å². The zero-order chi connectivity index (χ0) is 20.9. The van der Waals surface area contributed by atoms with E-state index in [4.69, 9.17) is 4.74 Å². The van der Waals surface area contributed by atoms with Crippen molar-refractivity contribution in [1.82, 2.24) is 9.62 Å². The van der Waals surface area contributed by atoms with Crippen LogP contribution in [-0.2, 0) is 26.0 Å². The largest absolute Gasteiger partial charge is 0.465 e. The van der Waals surface area contributed by atoms with Crippen LogP contribution in [0.1, 0.15) is 26.3 Å². The van der Waals surface area contributed by atoms with Crippen molar-refractivity contribution in [2.75, 3.05) is 33.4 Å². The molecule has 0 atom stereocenters. The third-order valence-corrected chi connectivity index (χ3v) is 6.57. The van der Waals surface area contributed by atoms with Crippen LogP contribution in [0.3, 0.4) is 0 Å². The van der Waals surface area contributed by atoms with E-state index in [-0.39, 0.29) is 17.3 Å². The number of nitrogens with zero attached hydrogens (tertiary/aromatic N) is 1. The number of carbonyl (C=O) groups excluding carboxylic acids is 2. The normalized spacial score (nSPS) is 14.9. The van der Waals surface area contributed by atoms with Gasteiger partial charge in [0, 0.05) is 25.2 Å². The van der Waals surface area contributed by atoms with Crippen molar-refractivity contribution >= 4 is 21.9 Å². The number of methoxy groups -OCH3 is 1. The van der Waals surface area contributed by atoms with Crippen molar-refractivity contribution in [1.29, 1.82) is 0 Å². The summed E-state index contributed by atoms with van der Waals surface area (Å²) in [6, 6.07) is 12.6. The molecule has 0 aromatic heterocycles. The first-order chi connectivity index (χ1) is 13.9. The van der Waals surface area contributed by atoms with Gasteiger partial charge in [-0.2, -0.15) is 4.31 Å². The second kappa shape index (κ2) is 9.17. The highest BCUT2D eigenvalue weighted by atomic mass is 32.2. The first kappa shape index (κ1) is 21.0. The van der Waals surface area contributed by atoms with Gasteiger partial charge in [0.1, 0.15) is 0 Å². The Morgan fingerprint density at radius 1 is 1.03 bits per heavy atom. The Kier molecular flexibility index (Phi) is 6.63. The summed E-state index contributed by atoms with van der Waals surface area (Å²) in [5, 5.41) is 2.73. The number of hydrogen-bond acceptors (Lipinski definition) is 6. The second-order valence-electron chi connectivity index (χ2n) is 6.38. The van der Waals surface area contributed by atoms with Crippen molar-refractivity contribution in [3.8, 4) is 0 Å². The topological polar surface area (TPSA) is 102 Å². The van der Waals surface area contributed by atoms with Gasteiger partial charge in [0.05, 0.1) is 30.8 Å². The van der Waals surface area contributed by atoms with E-state index in [0.29, 0.717) is 43.0 Å². The maximum absolute atomic E-state index is 13.0. The second-order valence-corrected chi connectivity index (χ2v) is 8.28. The van der Waals surface area contributed by atoms with E-state index in [9.17, 15) is 18.0 Å². The van der Waals surface area contributed by atoms with Crippen molar-refractivity contribution in [3.05, 3.63) is 65.2 Å². The fourth-order valence-electron chi connectivity index (χ4n) is 2.98. The molecule has 29 heavy (non-hydrogen) atoms. The first-order valence-electron chi connectivity index (χ1n) is 9.06. The van der Waals surface area contributed by atoms with E-state index in [1.807, 2.05) is 0 Å². The molecule has 1 N–H and O–H groups in total. The Labute approximate surface area is 169 Å². The zero-order valence-electron chi connectivity index (χ0n) is 16.0. The smallest absolute Gasteiger partial charge is 0.337 e.